The van der Waals surface area contributed by atoms with Gasteiger partial charge in [0.05, 0.1) is 11.2 Å². The first-order valence-electron chi connectivity index (χ1n) is 4.80. The molecule has 0 aliphatic carbocycles. The maximum atomic E-state index is 4.57. The van der Waals surface area contributed by atoms with Gasteiger partial charge in [0.25, 0.3) is 0 Å². The van der Waals surface area contributed by atoms with Crippen LogP contribution in [0.1, 0.15) is 25.8 Å². The summed E-state index contributed by atoms with van der Waals surface area (Å²) in [6.07, 6.45) is 5.09. The lowest BCUT2D eigenvalue weighted by Gasteiger charge is -2.13. The van der Waals surface area contributed by atoms with E-state index in [9.17, 15) is 0 Å². The van der Waals surface area contributed by atoms with Crippen molar-refractivity contribution in [3.05, 3.63) is 29.0 Å². The van der Waals surface area contributed by atoms with Crippen LogP contribution in [0.3, 0.4) is 0 Å². The lowest BCUT2D eigenvalue weighted by atomic mass is 9.98. The molecule has 0 spiro atoms. The average molecular weight is 219 g/mol. The number of hydrogen-bond donors (Lipinski definition) is 0. The summed E-state index contributed by atoms with van der Waals surface area (Å²) in [5.74, 6) is 0. The van der Waals surface area contributed by atoms with Gasteiger partial charge in [-0.1, -0.05) is 20.8 Å². The van der Waals surface area contributed by atoms with Gasteiger partial charge in [-0.15, -0.1) is 11.3 Å². The first-order valence-corrected chi connectivity index (χ1v) is 5.68. The van der Waals surface area contributed by atoms with Crippen molar-refractivity contribution in [2.75, 3.05) is 0 Å². The molecule has 2 heterocycles. The van der Waals surface area contributed by atoms with Crippen LogP contribution >= 0.6 is 11.3 Å². The monoisotopic (exact) mass is 219 g/mol. The summed E-state index contributed by atoms with van der Waals surface area (Å²) in [4.78, 5) is 12.8. The normalized spacial score (nSPS) is 11.7. The molecule has 0 aromatic carbocycles. The highest BCUT2D eigenvalue weighted by Crippen LogP contribution is 2.28. The summed E-state index contributed by atoms with van der Waals surface area (Å²) < 4.78 is 0. The van der Waals surface area contributed by atoms with Gasteiger partial charge in [-0.25, -0.2) is 4.98 Å². The molecule has 0 radical (unpaired) electrons. The highest BCUT2D eigenvalue weighted by molar-refractivity contribution is 7.10. The van der Waals surface area contributed by atoms with E-state index in [1.165, 1.54) is 0 Å². The summed E-state index contributed by atoms with van der Waals surface area (Å²) in [5.41, 5.74) is 1.85. The third-order valence-electron chi connectivity index (χ3n) is 1.97. The molecule has 0 saturated carbocycles. The van der Waals surface area contributed by atoms with Gasteiger partial charge >= 0.3 is 0 Å². The van der Waals surface area contributed by atoms with Crippen molar-refractivity contribution in [1.29, 1.82) is 0 Å². The topological polar surface area (TPSA) is 38.7 Å². The standard InChI is InChI=1S/C11H13N3S/c1-11(2,3)10-14-9(7-15-10)8-6-12-4-5-13-8/h4-7H,1-3H3. The maximum absolute atomic E-state index is 4.57. The molecule has 0 saturated heterocycles. The van der Waals surface area contributed by atoms with Gasteiger partial charge in [0, 0.05) is 23.2 Å². The van der Waals surface area contributed by atoms with Crippen LogP contribution in [0, 0.1) is 0 Å². The van der Waals surface area contributed by atoms with E-state index in [0.717, 1.165) is 16.4 Å². The van der Waals surface area contributed by atoms with Gasteiger partial charge in [-0.05, 0) is 0 Å². The molecule has 0 bridgehead atoms. The highest BCUT2D eigenvalue weighted by atomic mass is 32.1. The first kappa shape index (κ1) is 10.2. The van der Waals surface area contributed by atoms with Crippen molar-refractivity contribution in [3.8, 4) is 11.4 Å². The number of nitrogens with zero attached hydrogens (tertiary/aromatic N) is 3. The van der Waals surface area contributed by atoms with E-state index < -0.39 is 0 Å². The fraction of sp³-hybridized carbons (Fsp3) is 0.364. The zero-order chi connectivity index (χ0) is 10.9. The van der Waals surface area contributed by atoms with Crippen LogP contribution in [0.2, 0.25) is 0 Å². The van der Waals surface area contributed by atoms with Crippen LogP contribution in [-0.2, 0) is 5.41 Å². The number of rotatable bonds is 1. The van der Waals surface area contributed by atoms with E-state index in [0.29, 0.717) is 0 Å². The molecular weight excluding hydrogens is 206 g/mol. The van der Waals surface area contributed by atoms with Crippen molar-refractivity contribution in [3.63, 3.8) is 0 Å². The van der Waals surface area contributed by atoms with E-state index in [-0.39, 0.29) is 5.41 Å². The second-order valence-corrected chi connectivity index (χ2v) is 5.24. The predicted octanol–water partition coefficient (Wildman–Crippen LogP) is 2.90. The molecule has 0 unspecified atom stereocenters. The van der Waals surface area contributed by atoms with Gasteiger partial charge in [-0.2, -0.15) is 0 Å². The summed E-state index contributed by atoms with van der Waals surface area (Å²) in [5, 5.41) is 3.16. The first-order chi connectivity index (χ1) is 7.07. The Kier molecular flexibility index (Phi) is 2.52. The zero-order valence-corrected chi connectivity index (χ0v) is 9.88. The van der Waals surface area contributed by atoms with Gasteiger partial charge in [0.1, 0.15) is 11.4 Å². The average Bonchev–Trinajstić information content (AvgIpc) is 2.67. The Bertz CT molecular complexity index is 442. The van der Waals surface area contributed by atoms with Crippen molar-refractivity contribution in [2.24, 2.45) is 0 Å². The SMILES string of the molecule is CC(C)(C)c1nc(-c2cnccn2)cs1. The molecule has 3 nitrogen and oxygen atoms in total. The highest BCUT2D eigenvalue weighted by Gasteiger charge is 2.18. The van der Waals surface area contributed by atoms with Crippen LogP contribution in [-0.4, -0.2) is 15.0 Å². The Balaban J connectivity index is 2.37. The van der Waals surface area contributed by atoms with Crippen LogP contribution in [0.25, 0.3) is 11.4 Å². The van der Waals surface area contributed by atoms with Gasteiger partial charge in [0.15, 0.2) is 0 Å². The molecule has 2 aromatic rings. The molecule has 2 aromatic heterocycles. The lowest BCUT2D eigenvalue weighted by molar-refractivity contribution is 0.586. The maximum Gasteiger partial charge on any atom is 0.108 e. The number of thiazole rings is 1. The van der Waals surface area contributed by atoms with Crippen molar-refractivity contribution < 1.29 is 0 Å². The molecule has 0 amide bonds. The molecule has 78 valence electrons. The van der Waals surface area contributed by atoms with E-state index in [1.54, 1.807) is 29.9 Å². The van der Waals surface area contributed by atoms with Crippen molar-refractivity contribution in [1.82, 2.24) is 15.0 Å². The molecule has 0 aliphatic heterocycles. The van der Waals surface area contributed by atoms with Crippen LogP contribution in [0.15, 0.2) is 24.0 Å². The Labute approximate surface area is 93.2 Å². The smallest absolute Gasteiger partial charge is 0.108 e. The number of hydrogen-bond acceptors (Lipinski definition) is 4. The minimum Gasteiger partial charge on any atom is -0.261 e. The van der Waals surface area contributed by atoms with Crippen LogP contribution in [0.5, 0.6) is 0 Å². The molecule has 0 fully saturated rings. The zero-order valence-electron chi connectivity index (χ0n) is 9.06. The Morgan fingerprint density at radius 1 is 1.13 bits per heavy atom. The van der Waals surface area contributed by atoms with Gasteiger partial charge in [-0.3, -0.25) is 9.97 Å². The Morgan fingerprint density at radius 2 is 1.93 bits per heavy atom. The Morgan fingerprint density at radius 3 is 2.47 bits per heavy atom. The fourth-order valence-electron chi connectivity index (χ4n) is 1.17. The van der Waals surface area contributed by atoms with Crippen molar-refractivity contribution >= 4 is 11.3 Å². The van der Waals surface area contributed by atoms with Crippen LogP contribution in [0.4, 0.5) is 0 Å². The van der Waals surface area contributed by atoms with Crippen LogP contribution < -0.4 is 0 Å². The Hall–Kier alpha value is -1.29. The summed E-state index contributed by atoms with van der Waals surface area (Å²) >= 11 is 1.67. The number of aromatic nitrogens is 3. The largest absolute Gasteiger partial charge is 0.261 e. The van der Waals surface area contributed by atoms with E-state index in [1.807, 2.05) is 5.38 Å². The molecule has 0 aliphatic rings. The second kappa shape index (κ2) is 3.70. The van der Waals surface area contributed by atoms with Gasteiger partial charge < -0.3 is 0 Å². The van der Waals surface area contributed by atoms with E-state index in [2.05, 4.69) is 35.7 Å². The van der Waals surface area contributed by atoms with E-state index in [4.69, 9.17) is 0 Å². The summed E-state index contributed by atoms with van der Waals surface area (Å²) in [6, 6.07) is 0. The van der Waals surface area contributed by atoms with E-state index >= 15 is 0 Å². The van der Waals surface area contributed by atoms with Gasteiger partial charge in [0.2, 0.25) is 0 Å². The van der Waals surface area contributed by atoms with Crippen molar-refractivity contribution in [2.45, 2.75) is 26.2 Å². The third kappa shape index (κ3) is 2.21. The third-order valence-corrected chi connectivity index (χ3v) is 3.24. The quantitative estimate of drug-likeness (QED) is 0.740. The molecule has 0 atom stereocenters. The summed E-state index contributed by atoms with van der Waals surface area (Å²) in [7, 11) is 0. The predicted molar refractivity (Wildman–Crippen MR) is 61.8 cm³/mol. The fourth-order valence-corrected chi connectivity index (χ4v) is 2.07. The molecule has 4 heteroatoms. The minimum atomic E-state index is 0.102. The summed E-state index contributed by atoms with van der Waals surface area (Å²) in [6.45, 7) is 6.48. The lowest BCUT2D eigenvalue weighted by Crippen LogP contribution is -2.10. The molecule has 15 heavy (non-hydrogen) atoms. The molecule has 0 N–H and O–H groups in total. The second-order valence-electron chi connectivity index (χ2n) is 4.38. The molecular formula is C11H13N3S. The molecule has 2 rings (SSSR count). The minimum absolute atomic E-state index is 0.102.